The molecule has 20 heavy (non-hydrogen) atoms. The van der Waals surface area contributed by atoms with Crippen LogP contribution in [-0.2, 0) is 12.8 Å². The predicted molar refractivity (Wildman–Crippen MR) is 78.0 cm³/mol. The average molecular weight is 291 g/mol. The molecule has 0 bridgehead atoms. The van der Waals surface area contributed by atoms with Gasteiger partial charge in [-0.25, -0.2) is 4.79 Å². The molecule has 2 aromatic rings. The molecular weight excluding hydrogens is 276 g/mol. The van der Waals surface area contributed by atoms with E-state index in [0.717, 1.165) is 25.0 Å². The molecule has 1 aliphatic carbocycles. The smallest absolute Gasteiger partial charge is 0.319 e. The number of aryl methyl sites for hydroxylation is 1. The molecule has 0 radical (unpaired) electrons. The Kier molecular flexibility index (Phi) is 3.60. The quantitative estimate of drug-likeness (QED) is 0.796. The molecule has 1 unspecified atom stereocenters. The number of halogens is 1. The zero-order valence-corrected chi connectivity index (χ0v) is 11.6. The van der Waals surface area contributed by atoms with E-state index in [0.29, 0.717) is 10.7 Å². The predicted octanol–water partition coefficient (Wildman–Crippen LogP) is 2.74. The second kappa shape index (κ2) is 5.54. The maximum atomic E-state index is 12.0. The Bertz CT molecular complexity index is 625. The molecule has 0 aliphatic heterocycles. The topological polar surface area (TPSA) is 69.8 Å². The second-order valence-electron chi connectivity index (χ2n) is 4.92. The number of nitrogens with zero attached hydrogens (tertiary/aromatic N) is 1. The number of fused-ring (bicyclic) bond motifs is 1. The number of carbonyl (C=O) groups is 1. The van der Waals surface area contributed by atoms with E-state index in [1.807, 2.05) is 6.20 Å². The summed E-state index contributed by atoms with van der Waals surface area (Å²) in [5, 5.41) is 13.4. The summed E-state index contributed by atoms with van der Waals surface area (Å²) in [4.78, 5) is 12.0. The highest BCUT2D eigenvalue weighted by molar-refractivity contribution is 6.30. The number of hydrogen-bond acceptors (Lipinski definition) is 2. The summed E-state index contributed by atoms with van der Waals surface area (Å²) >= 11 is 5.88. The van der Waals surface area contributed by atoms with Crippen LogP contribution in [0.25, 0.3) is 0 Å². The first-order valence-electron chi connectivity index (χ1n) is 6.55. The van der Waals surface area contributed by atoms with E-state index in [9.17, 15) is 4.79 Å². The summed E-state index contributed by atoms with van der Waals surface area (Å²) in [6.07, 6.45) is 4.51. The van der Waals surface area contributed by atoms with Crippen LogP contribution < -0.4 is 10.6 Å². The molecule has 0 fully saturated rings. The van der Waals surface area contributed by atoms with Gasteiger partial charge in [-0.15, -0.1) is 0 Å². The van der Waals surface area contributed by atoms with Crippen LogP contribution in [0.1, 0.15) is 17.7 Å². The third-order valence-electron chi connectivity index (χ3n) is 3.44. The number of anilines is 1. The molecule has 5 nitrogen and oxygen atoms in total. The van der Waals surface area contributed by atoms with Crippen molar-refractivity contribution in [2.75, 3.05) is 5.32 Å². The molecule has 1 aromatic heterocycles. The van der Waals surface area contributed by atoms with Crippen LogP contribution >= 0.6 is 11.6 Å². The molecule has 1 aromatic carbocycles. The Labute approximate surface area is 121 Å². The lowest BCUT2D eigenvalue weighted by Crippen LogP contribution is -2.41. The fourth-order valence-corrected chi connectivity index (χ4v) is 2.64. The van der Waals surface area contributed by atoms with Crippen LogP contribution in [0.3, 0.4) is 0 Å². The Morgan fingerprint density at radius 2 is 2.35 bits per heavy atom. The first-order chi connectivity index (χ1) is 9.70. The molecule has 0 saturated heterocycles. The average Bonchev–Trinajstić information content (AvgIpc) is 2.86. The molecule has 1 aliphatic rings. The van der Waals surface area contributed by atoms with Gasteiger partial charge in [0, 0.05) is 28.9 Å². The SMILES string of the molecule is O=C(Nc1cccc(Cl)c1)NC1CCc2cn[nH]c2C1. The Balaban J connectivity index is 1.57. The normalized spacial score (nSPS) is 17.4. The molecule has 3 rings (SSSR count). The van der Waals surface area contributed by atoms with Gasteiger partial charge in [-0.1, -0.05) is 17.7 Å². The van der Waals surface area contributed by atoms with Crippen molar-refractivity contribution < 1.29 is 4.79 Å². The standard InChI is InChI=1S/C14H15ClN4O/c15-10-2-1-3-11(6-10)17-14(20)18-12-5-4-9-8-16-19-13(9)7-12/h1-3,6,8,12H,4-5,7H2,(H,16,19)(H2,17,18,20). The summed E-state index contributed by atoms with van der Waals surface area (Å²) in [7, 11) is 0. The largest absolute Gasteiger partial charge is 0.335 e. The molecule has 0 saturated carbocycles. The minimum absolute atomic E-state index is 0.127. The van der Waals surface area contributed by atoms with Crippen molar-refractivity contribution in [3.8, 4) is 0 Å². The number of hydrogen-bond donors (Lipinski definition) is 3. The van der Waals surface area contributed by atoms with Crippen molar-refractivity contribution in [3.05, 3.63) is 46.7 Å². The van der Waals surface area contributed by atoms with Gasteiger partial charge in [0.05, 0.1) is 6.20 Å². The number of amides is 2. The lowest BCUT2D eigenvalue weighted by molar-refractivity contribution is 0.247. The number of nitrogens with one attached hydrogen (secondary N) is 3. The highest BCUT2D eigenvalue weighted by atomic mass is 35.5. The zero-order valence-electron chi connectivity index (χ0n) is 10.8. The number of urea groups is 1. The third-order valence-corrected chi connectivity index (χ3v) is 3.67. The number of rotatable bonds is 2. The molecule has 0 spiro atoms. The van der Waals surface area contributed by atoms with Gasteiger partial charge in [0.1, 0.15) is 0 Å². The summed E-state index contributed by atoms with van der Waals surface area (Å²) in [5.74, 6) is 0. The van der Waals surface area contributed by atoms with Crippen molar-refractivity contribution in [2.24, 2.45) is 0 Å². The first kappa shape index (κ1) is 13.0. The zero-order chi connectivity index (χ0) is 13.9. The molecular formula is C14H15ClN4O. The summed E-state index contributed by atoms with van der Waals surface area (Å²) < 4.78 is 0. The van der Waals surface area contributed by atoms with Gasteiger partial charge in [-0.2, -0.15) is 5.10 Å². The van der Waals surface area contributed by atoms with E-state index in [1.165, 1.54) is 5.56 Å². The number of aromatic amines is 1. The fraction of sp³-hybridized carbons (Fsp3) is 0.286. The van der Waals surface area contributed by atoms with Gasteiger partial charge in [-0.3, -0.25) is 5.10 Å². The van der Waals surface area contributed by atoms with Gasteiger partial charge in [-0.05, 0) is 36.6 Å². The molecule has 1 atom stereocenters. The van der Waals surface area contributed by atoms with Gasteiger partial charge < -0.3 is 10.6 Å². The van der Waals surface area contributed by atoms with Crippen LogP contribution in [0.15, 0.2) is 30.5 Å². The van der Waals surface area contributed by atoms with Crippen LogP contribution in [0, 0.1) is 0 Å². The summed E-state index contributed by atoms with van der Waals surface area (Å²) in [6.45, 7) is 0. The van der Waals surface area contributed by atoms with E-state index in [-0.39, 0.29) is 12.1 Å². The van der Waals surface area contributed by atoms with E-state index in [4.69, 9.17) is 11.6 Å². The van der Waals surface area contributed by atoms with Crippen molar-refractivity contribution in [1.82, 2.24) is 15.5 Å². The Hall–Kier alpha value is -2.01. The number of aromatic nitrogens is 2. The van der Waals surface area contributed by atoms with Gasteiger partial charge in [0.2, 0.25) is 0 Å². The van der Waals surface area contributed by atoms with E-state index in [1.54, 1.807) is 24.3 Å². The minimum atomic E-state index is -0.208. The van der Waals surface area contributed by atoms with Crippen LogP contribution in [0.5, 0.6) is 0 Å². The van der Waals surface area contributed by atoms with Crippen LogP contribution in [0.4, 0.5) is 10.5 Å². The van der Waals surface area contributed by atoms with E-state index >= 15 is 0 Å². The van der Waals surface area contributed by atoms with Gasteiger partial charge in [0.25, 0.3) is 0 Å². The van der Waals surface area contributed by atoms with Gasteiger partial charge in [0.15, 0.2) is 0 Å². The van der Waals surface area contributed by atoms with E-state index in [2.05, 4.69) is 20.8 Å². The highest BCUT2D eigenvalue weighted by Gasteiger charge is 2.21. The Morgan fingerprint density at radius 3 is 3.20 bits per heavy atom. The first-order valence-corrected chi connectivity index (χ1v) is 6.93. The molecule has 104 valence electrons. The third kappa shape index (κ3) is 2.93. The van der Waals surface area contributed by atoms with Gasteiger partial charge >= 0.3 is 6.03 Å². The highest BCUT2D eigenvalue weighted by Crippen LogP contribution is 2.19. The number of H-pyrrole nitrogens is 1. The Morgan fingerprint density at radius 1 is 1.45 bits per heavy atom. The molecule has 2 amide bonds. The lowest BCUT2D eigenvalue weighted by atomic mass is 9.94. The maximum absolute atomic E-state index is 12.0. The fourth-order valence-electron chi connectivity index (χ4n) is 2.45. The van der Waals surface area contributed by atoms with Crippen molar-refractivity contribution >= 4 is 23.3 Å². The molecule has 1 heterocycles. The number of carbonyl (C=O) groups excluding carboxylic acids is 1. The van der Waals surface area contributed by atoms with Crippen molar-refractivity contribution in [1.29, 1.82) is 0 Å². The van der Waals surface area contributed by atoms with Crippen molar-refractivity contribution in [3.63, 3.8) is 0 Å². The second-order valence-corrected chi connectivity index (χ2v) is 5.36. The van der Waals surface area contributed by atoms with Crippen LogP contribution in [0.2, 0.25) is 5.02 Å². The van der Waals surface area contributed by atoms with Crippen molar-refractivity contribution in [2.45, 2.75) is 25.3 Å². The number of benzene rings is 1. The van der Waals surface area contributed by atoms with Crippen LogP contribution in [-0.4, -0.2) is 22.3 Å². The summed E-state index contributed by atoms with van der Waals surface area (Å²) in [5.41, 5.74) is 3.05. The lowest BCUT2D eigenvalue weighted by Gasteiger charge is -2.22. The maximum Gasteiger partial charge on any atom is 0.319 e. The van der Waals surface area contributed by atoms with E-state index < -0.39 is 0 Å². The molecule has 6 heteroatoms. The minimum Gasteiger partial charge on any atom is -0.335 e. The monoisotopic (exact) mass is 290 g/mol. The summed E-state index contributed by atoms with van der Waals surface area (Å²) in [6, 6.07) is 7.01. The molecule has 3 N–H and O–H groups in total.